The first-order chi connectivity index (χ1) is 6.81. The van der Waals surface area contributed by atoms with E-state index in [9.17, 15) is 0 Å². The molecule has 0 aliphatic heterocycles. The van der Waals surface area contributed by atoms with Gasteiger partial charge >= 0.3 is 0 Å². The van der Waals surface area contributed by atoms with E-state index >= 15 is 0 Å². The lowest BCUT2D eigenvalue weighted by molar-refractivity contribution is 1.09. The van der Waals surface area contributed by atoms with Crippen molar-refractivity contribution in [3.05, 3.63) is 30.1 Å². The summed E-state index contributed by atoms with van der Waals surface area (Å²) in [6, 6.07) is 5.88. The van der Waals surface area contributed by atoms with E-state index in [0.29, 0.717) is 0 Å². The molecule has 0 radical (unpaired) electrons. The maximum Gasteiger partial charge on any atom is 0.155 e. The molecule has 72 valence electrons. The lowest BCUT2D eigenvalue weighted by Crippen LogP contribution is -1.93. The van der Waals surface area contributed by atoms with E-state index in [2.05, 4.69) is 22.1 Å². The maximum absolute atomic E-state index is 5.81. The van der Waals surface area contributed by atoms with Crippen molar-refractivity contribution in [2.45, 2.75) is 13.3 Å². The predicted molar refractivity (Wildman–Crippen MR) is 55.6 cm³/mol. The topological polar surface area (TPSA) is 67.6 Å². The highest BCUT2D eigenvalue weighted by Gasteiger charge is 2.03. The van der Waals surface area contributed by atoms with Crippen LogP contribution in [0.4, 0.5) is 5.69 Å². The van der Waals surface area contributed by atoms with Crippen molar-refractivity contribution in [1.29, 1.82) is 0 Å². The molecule has 0 spiro atoms. The van der Waals surface area contributed by atoms with Gasteiger partial charge in [-0.2, -0.15) is 5.10 Å². The Kier molecular flexibility index (Phi) is 2.18. The van der Waals surface area contributed by atoms with Gasteiger partial charge in [-0.15, -0.1) is 0 Å². The van der Waals surface area contributed by atoms with E-state index < -0.39 is 0 Å². The molecule has 0 atom stereocenters. The largest absolute Gasteiger partial charge is 0.399 e. The Balaban J connectivity index is 2.46. The molecule has 4 nitrogen and oxygen atoms in total. The van der Waals surface area contributed by atoms with Gasteiger partial charge in [0.1, 0.15) is 6.33 Å². The highest BCUT2D eigenvalue weighted by Crippen LogP contribution is 2.20. The molecular weight excluding hydrogens is 176 g/mol. The van der Waals surface area contributed by atoms with E-state index in [0.717, 1.165) is 29.1 Å². The van der Waals surface area contributed by atoms with Gasteiger partial charge in [-0.1, -0.05) is 6.92 Å². The molecule has 0 bridgehead atoms. The molecule has 3 N–H and O–H groups in total. The van der Waals surface area contributed by atoms with E-state index in [-0.39, 0.29) is 0 Å². The van der Waals surface area contributed by atoms with Crippen LogP contribution in [-0.2, 0) is 6.42 Å². The molecule has 0 unspecified atom stereocenters. The van der Waals surface area contributed by atoms with Gasteiger partial charge in [0.25, 0.3) is 0 Å². The molecule has 2 rings (SSSR count). The standard InChI is InChI=1S/C10H12N4/c1-2-7-5-8(3-4-9(7)11)10-12-6-13-14-10/h3-6H,2,11H2,1H3,(H,12,13,14). The highest BCUT2D eigenvalue weighted by atomic mass is 15.2. The second kappa shape index (κ2) is 3.49. The van der Waals surface area contributed by atoms with Gasteiger partial charge < -0.3 is 5.73 Å². The number of hydrogen-bond donors (Lipinski definition) is 2. The SMILES string of the molecule is CCc1cc(-c2ncn[nH]2)ccc1N. The Labute approximate surface area is 82.2 Å². The van der Waals surface area contributed by atoms with Crippen molar-refractivity contribution < 1.29 is 0 Å². The van der Waals surface area contributed by atoms with E-state index in [1.165, 1.54) is 6.33 Å². The zero-order valence-electron chi connectivity index (χ0n) is 7.99. The number of aryl methyl sites for hydroxylation is 1. The van der Waals surface area contributed by atoms with Crippen LogP contribution in [0.15, 0.2) is 24.5 Å². The number of hydrogen-bond acceptors (Lipinski definition) is 3. The molecular formula is C10H12N4. The third-order valence-electron chi connectivity index (χ3n) is 2.21. The number of benzene rings is 1. The average molecular weight is 188 g/mol. The van der Waals surface area contributed by atoms with Gasteiger partial charge in [-0.3, -0.25) is 5.10 Å². The predicted octanol–water partition coefficient (Wildman–Crippen LogP) is 1.62. The monoisotopic (exact) mass is 188 g/mol. The summed E-state index contributed by atoms with van der Waals surface area (Å²) in [7, 11) is 0. The molecule has 0 aliphatic rings. The van der Waals surface area contributed by atoms with Crippen LogP contribution < -0.4 is 5.73 Å². The fourth-order valence-electron chi connectivity index (χ4n) is 1.40. The van der Waals surface area contributed by atoms with Gasteiger partial charge in [-0.25, -0.2) is 4.98 Å². The summed E-state index contributed by atoms with van der Waals surface area (Å²) in [6.45, 7) is 2.08. The van der Waals surface area contributed by atoms with Crippen LogP contribution in [0.1, 0.15) is 12.5 Å². The number of aromatic amines is 1. The van der Waals surface area contributed by atoms with E-state index in [1.54, 1.807) is 0 Å². The number of anilines is 1. The van der Waals surface area contributed by atoms with Crippen LogP contribution in [0.5, 0.6) is 0 Å². The molecule has 0 amide bonds. The van der Waals surface area contributed by atoms with E-state index in [1.807, 2.05) is 18.2 Å². The Bertz CT molecular complexity index is 420. The summed E-state index contributed by atoms with van der Waals surface area (Å²) in [5, 5.41) is 6.63. The van der Waals surface area contributed by atoms with Crippen molar-refractivity contribution in [1.82, 2.24) is 15.2 Å². The molecule has 14 heavy (non-hydrogen) atoms. The zero-order valence-corrected chi connectivity index (χ0v) is 7.99. The number of nitrogen functional groups attached to an aromatic ring is 1. The van der Waals surface area contributed by atoms with Crippen LogP contribution in [-0.4, -0.2) is 15.2 Å². The van der Waals surface area contributed by atoms with Gasteiger partial charge in [0, 0.05) is 11.3 Å². The minimum absolute atomic E-state index is 0.778. The lowest BCUT2D eigenvalue weighted by atomic mass is 10.1. The first kappa shape index (κ1) is 8.74. The van der Waals surface area contributed by atoms with Crippen LogP contribution in [0, 0.1) is 0 Å². The van der Waals surface area contributed by atoms with Crippen LogP contribution >= 0.6 is 0 Å². The lowest BCUT2D eigenvalue weighted by Gasteiger charge is -2.04. The van der Waals surface area contributed by atoms with Crippen molar-refractivity contribution in [3.63, 3.8) is 0 Å². The number of nitrogens with one attached hydrogen (secondary N) is 1. The maximum atomic E-state index is 5.81. The first-order valence-electron chi connectivity index (χ1n) is 4.55. The van der Waals surface area contributed by atoms with Crippen molar-refractivity contribution in [3.8, 4) is 11.4 Å². The third-order valence-corrected chi connectivity index (χ3v) is 2.21. The average Bonchev–Trinajstić information content (AvgIpc) is 2.71. The smallest absolute Gasteiger partial charge is 0.155 e. The first-order valence-corrected chi connectivity index (χ1v) is 4.55. The Hall–Kier alpha value is -1.84. The molecule has 0 saturated carbocycles. The summed E-state index contributed by atoms with van der Waals surface area (Å²) in [4.78, 5) is 4.08. The quantitative estimate of drug-likeness (QED) is 0.703. The minimum atomic E-state index is 0.778. The van der Waals surface area contributed by atoms with Crippen LogP contribution in [0.2, 0.25) is 0 Å². The van der Waals surface area contributed by atoms with Gasteiger partial charge in [0.15, 0.2) is 5.82 Å². The summed E-state index contributed by atoms with van der Waals surface area (Å²) in [6.07, 6.45) is 2.42. The van der Waals surface area contributed by atoms with Crippen molar-refractivity contribution in [2.75, 3.05) is 5.73 Å². The second-order valence-electron chi connectivity index (χ2n) is 3.10. The normalized spacial score (nSPS) is 10.4. The summed E-state index contributed by atoms with van der Waals surface area (Å²) in [5.74, 6) is 0.778. The van der Waals surface area contributed by atoms with Crippen molar-refractivity contribution in [2.24, 2.45) is 0 Å². The number of rotatable bonds is 2. The molecule has 4 heteroatoms. The summed E-state index contributed by atoms with van der Waals surface area (Å²) >= 11 is 0. The van der Waals surface area contributed by atoms with Crippen LogP contribution in [0.3, 0.4) is 0 Å². The Morgan fingerprint density at radius 1 is 1.43 bits per heavy atom. The molecule has 1 aromatic carbocycles. The van der Waals surface area contributed by atoms with Gasteiger partial charge in [-0.05, 0) is 30.2 Å². The fourth-order valence-corrected chi connectivity index (χ4v) is 1.40. The Morgan fingerprint density at radius 3 is 2.93 bits per heavy atom. The van der Waals surface area contributed by atoms with Gasteiger partial charge in [0.2, 0.25) is 0 Å². The highest BCUT2D eigenvalue weighted by molar-refractivity contribution is 5.61. The fraction of sp³-hybridized carbons (Fsp3) is 0.200. The van der Waals surface area contributed by atoms with Gasteiger partial charge in [0.05, 0.1) is 0 Å². The number of nitrogens with zero attached hydrogens (tertiary/aromatic N) is 2. The number of H-pyrrole nitrogens is 1. The third kappa shape index (κ3) is 1.46. The molecule has 0 fully saturated rings. The molecule has 2 aromatic rings. The van der Waals surface area contributed by atoms with E-state index in [4.69, 9.17) is 5.73 Å². The Morgan fingerprint density at radius 2 is 2.29 bits per heavy atom. The molecule has 0 saturated heterocycles. The molecule has 0 aliphatic carbocycles. The summed E-state index contributed by atoms with van der Waals surface area (Å²) in [5.41, 5.74) is 8.80. The molecule has 1 heterocycles. The zero-order chi connectivity index (χ0) is 9.97. The second-order valence-corrected chi connectivity index (χ2v) is 3.10. The summed E-state index contributed by atoms with van der Waals surface area (Å²) < 4.78 is 0. The number of aromatic nitrogens is 3. The van der Waals surface area contributed by atoms with Crippen LogP contribution in [0.25, 0.3) is 11.4 Å². The number of nitrogens with two attached hydrogens (primary N) is 1. The minimum Gasteiger partial charge on any atom is -0.399 e. The molecule has 1 aromatic heterocycles. The van der Waals surface area contributed by atoms with Crippen molar-refractivity contribution >= 4 is 5.69 Å².